The molecule has 0 aromatic heterocycles. The Morgan fingerprint density at radius 1 is 0.875 bits per heavy atom. The molecular weight excluding hydrogens is 524 g/mol. The zero-order chi connectivity index (χ0) is 22.9. The zero-order valence-corrected chi connectivity index (χ0v) is 21.1. The molecule has 164 valence electrons. The van der Waals surface area contributed by atoms with Gasteiger partial charge in [-0.15, -0.1) is 0 Å². The molecule has 3 aromatic rings. The maximum atomic E-state index is 12.1. The van der Waals surface area contributed by atoms with Crippen LogP contribution in [0.15, 0.2) is 72.8 Å². The van der Waals surface area contributed by atoms with E-state index in [1.165, 1.54) is 18.2 Å². The minimum Gasteiger partial charge on any atom is -0.508 e. The smallest absolute Gasteiger partial charge is 0.417 e. The van der Waals surface area contributed by atoms with E-state index in [0.29, 0.717) is 11.4 Å². The van der Waals surface area contributed by atoms with E-state index in [2.05, 4.69) is 5.32 Å². The lowest BCUT2D eigenvalue weighted by Crippen LogP contribution is -2.17. The maximum absolute atomic E-state index is 12.1. The molecule has 1 saturated heterocycles. The van der Waals surface area contributed by atoms with Crippen molar-refractivity contribution in [2.75, 3.05) is 5.32 Å². The molecule has 3 N–H and O–H groups in total. The van der Waals surface area contributed by atoms with E-state index in [1.807, 2.05) is 24.3 Å². The summed E-state index contributed by atoms with van der Waals surface area (Å²) in [5, 5.41) is 23.1. The summed E-state index contributed by atoms with van der Waals surface area (Å²) < 4.78 is 1.49. The Morgan fingerprint density at radius 2 is 1.44 bits per heavy atom. The Morgan fingerprint density at radius 3 is 2.00 bits per heavy atom. The van der Waals surface area contributed by atoms with Crippen molar-refractivity contribution in [3.63, 3.8) is 0 Å². The van der Waals surface area contributed by atoms with Gasteiger partial charge in [0.2, 0.25) is 0 Å². The standard InChI is InChI=1S/C20H15NO5P2S4/c22-15-4-8-17(9-5-15)27(29)31-28(30,32-27)18-10-6-16(7-11-18)26-20(25)21-14-3-1-2-13(12-14)19(23)24/h1-12,22H,(H,21,25)(H,23,24). The van der Waals surface area contributed by atoms with Gasteiger partial charge < -0.3 is 14.9 Å². The molecule has 0 spiro atoms. The van der Waals surface area contributed by atoms with Crippen molar-refractivity contribution in [3.05, 3.63) is 78.4 Å². The number of aromatic hydroxyl groups is 1. The van der Waals surface area contributed by atoms with Crippen molar-refractivity contribution >= 4 is 82.9 Å². The Hall–Kier alpha value is -1.80. The highest BCUT2D eigenvalue weighted by Gasteiger charge is 2.45. The number of phenolic OH excluding ortho intramolecular Hbond substituents is 1. The lowest BCUT2D eigenvalue weighted by Gasteiger charge is -2.40. The molecule has 0 unspecified atom stereocenters. The predicted molar refractivity (Wildman–Crippen MR) is 141 cm³/mol. The van der Waals surface area contributed by atoms with Crippen LogP contribution in [0.2, 0.25) is 0 Å². The molecule has 1 heterocycles. The van der Waals surface area contributed by atoms with Crippen LogP contribution in [0.1, 0.15) is 10.4 Å². The number of amides is 1. The lowest BCUT2D eigenvalue weighted by atomic mass is 10.2. The van der Waals surface area contributed by atoms with Gasteiger partial charge >= 0.3 is 12.1 Å². The van der Waals surface area contributed by atoms with E-state index in [1.54, 1.807) is 52.3 Å². The number of nitrogens with one attached hydrogen (secondary N) is 1. The minimum absolute atomic E-state index is 0.0651. The normalized spacial score (nSPS) is 21.9. The summed E-state index contributed by atoms with van der Waals surface area (Å²) in [7, 11) is 0. The molecule has 4 rings (SSSR count). The van der Waals surface area contributed by atoms with E-state index < -0.39 is 20.9 Å². The second-order valence-electron chi connectivity index (χ2n) is 6.57. The number of anilines is 1. The third-order valence-electron chi connectivity index (χ3n) is 4.32. The molecule has 1 aliphatic heterocycles. The number of phenols is 1. The third kappa shape index (κ3) is 5.06. The van der Waals surface area contributed by atoms with Crippen LogP contribution in [0.3, 0.4) is 0 Å². The summed E-state index contributed by atoms with van der Waals surface area (Å²) in [5.74, 6) is -0.531. The molecule has 1 fully saturated rings. The first-order valence-corrected chi connectivity index (χ1v) is 18.7. The topological polar surface area (TPSA) is 95.9 Å². The summed E-state index contributed by atoms with van der Waals surface area (Å²) in [6.45, 7) is 0. The zero-order valence-electron chi connectivity index (χ0n) is 16.1. The summed E-state index contributed by atoms with van der Waals surface area (Å²) >= 11 is 15.1. The second kappa shape index (κ2) is 9.21. The van der Waals surface area contributed by atoms with E-state index >= 15 is 0 Å². The first kappa shape index (κ1) is 23.4. The summed E-state index contributed by atoms with van der Waals surface area (Å²) in [6, 6.07) is 20.0. The van der Waals surface area contributed by atoms with Crippen molar-refractivity contribution in [2.24, 2.45) is 0 Å². The first-order chi connectivity index (χ1) is 15.2. The quantitative estimate of drug-likeness (QED) is 0.350. The molecule has 1 aliphatic rings. The fraction of sp³-hybridized carbons (Fsp3) is 0. The highest BCUT2D eigenvalue weighted by Crippen LogP contribution is 3.04. The highest BCUT2D eigenvalue weighted by molar-refractivity contribution is 9.48. The number of rotatable bonds is 5. The molecule has 0 atom stereocenters. The predicted octanol–water partition coefficient (Wildman–Crippen LogP) is 5.75. The molecule has 0 aliphatic carbocycles. The van der Waals surface area contributed by atoms with E-state index in [0.717, 1.165) is 10.6 Å². The molecule has 12 heteroatoms. The fourth-order valence-electron chi connectivity index (χ4n) is 2.79. The van der Waals surface area contributed by atoms with Crippen molar-refractivity contribution in [2.45, 2.75) is 0 Å². The number of benzene rings is 3. The number of carbonyl (C=O) groups excluding carboxylic acids is 1. The number of carboxylic acids is 1. The van der Waals surface area contributed by atoms with Crippen molar-refractivity contribution < 1.29 is 24.5 Å². The average Bonchev–Trinajstić information content (AvgIpc) is 2.73. The Bertz CT molecular complexity index is 1280. The number of carbonyl (C=O) groups is 2. The molecule has 0 bridgehead atoms. The molecule has 0 saturated carbocycles. The Labute approximate surface area is 201 Å². The number of carboxylic acid groups (broad SMARTS) is 1. The Kier molecular flexibility index (Phi) is 6.73. The van der Waals surface area contributed by atoms with E-state index in [-0.39, 0.29) is 11.3 Å². The Balaban J connectivity index is 1.39. The molecule has 3 aromatic carbocycles. The minimum atomic E-state index is -1.93. The van der Waals surface area contributed by atoms with Crippen LogP contribution < -0.4 is 20.7 Å². The molecule has 6 nitrogen and oxygen atoms in total. The van der Waals surface area contributed by atoms with Crippen LogP contribution in [0, 0.1) is 0 Å². The van der Waals surface area contributed by atoms with Gasteiger partial charge in [-0.05, 0) is 66.7 Å². The molecule has 1 amide bonds. The SMILES string of the molecule is O=C(Nc1cccc(C(=O)O)c1)Oc1ccc(P2(=S)SP(=S)(c3ccc(O)cc3)S2)cc1. The van der Waals surface area contributed by atoms with Crippen molar-refractivity contribution in [1.82, 2.24) is 0 Å². The summed E-state index contributed by atoms with van der Waals surface area (Å²) in [5.41, 5.74) is 0.388. The summed E-state index contributed by atoms with van der Waals surface area (Å²) in [4.78, 5) is 23.2. The second-order valence-corrected chi connectivity index (χ2v) is 27.9. The number of ether oxygens (including phenoxy) is 1. The van der Waals surface area contributed by atoms with Gasteiger partial charge in [0.05, 0.1) is 14.4 Å². The monoisotopic (exact) mass is 539 g/mol. The fourth-order valence-corrected chi connectivity index (χ4v) is 45.1. The highest BCUT2D eigenvalue weighted by atomic mass is 33.7. The van der Waals surface area contributed by atoms with Gasteiger partial charge in [-0.25, -0.2) is 9.59 Å². The van der Waals surface area contributed by atoms with Gasteiger partial charge in [-0.3, -0.25) is 5.32 Å². The third-order valence-corrected chi connectivity index (χ3v) is 35.6. The van der Waals surface area contributed by atoms with E-state index in [4.69, 9.17) is 33.5 Å². The van der Waals surface area contributed by atoms with Gasteiger partial charge in [0, 0.05) is 16.3 Å². The van der Waals surface area contributed by atoms with Crippen molar-refractivity contribution in [3.8, 4) is 11.5 Å². The lowest BCUT2D eigenvalue weighted by molar-refractivity contribution is 0.0697. The van der Waals surface area contributed by atoms with Crippen LogP contribution in [0.4, 0.5) is 10.5 Å². The number of aromatic carboxylic acids is 1. The number of hydrogen-bond donors (Lipinski definition) is 3. The van der Waals surface area contributed by atoms with Crippen LogP contribution in [0.5, 0.6) is 11.5 Å². The van der Waals surface area contributed by atoms with Crippen LogP contribution in [-0.2, 0) is 23.6 Å². The van der Waals surface area contributed by atoms with Gasteiger partial charge in [-0.2, -0.15) is 0 Å². The first-order valence-electron chi connectivity index (χ1n) is 9.02. The van der Waals surface area contributed by atoms with Gasteiger partial charge in [0.1, 0.15) is 11.5 Å². The largest absolute Gasteiger partial charge is 0.508 e. The van der Waals surface area contributed by atoms with Crippen molar-refractivity contribution in [1.29, 1.82) is 0 Å². The number of hydrogen-bond acceptors (Lipinski definition) is 8. The molecular formula is C20H15NO5P2S4. The molecule has 0 radical (unpaired) electrons. The van der Waals surface area contributed by atoms with Crippen LogP contribution >= 0.6 is 30.9 Å². The van der Waals surface area contributed by atoms with Crippen LogP contribution in [0.25, 0.3) is 0 Å². The van der Waals surface area contributed by atoms with Gasteiger partial charge in [0.15, 0.2) is 0 Å². The van der Waals surface area contributed by atoms with Crippen LogP contribution in [-0.4, -0.2) is 22.3 Å². The van der Waals surface area contributed by atoms with Gasteiger partial charge in [0.25, 0.3) is 0 Å². The summed E-state index contributed by atoms with van der Waals surface area (Å²) in [6.07, 6.45) is -0.724. The van der Waals surface area contributed by atoms with E-state index in [9.17, 15) is 14.7 Å². The maximum Gasteiger partial charge on any atom is 0.417 e. The average molecular weight is 540 g/mol. The molecule has 32 heavy (non-hydrogen) atoms. The van der Waals surface area contributed by atoms with Gasteiger partial charge in [-0.1, -0.05) is 51.7 Å².